The van der Waals surface area contributed by atoms with Crippen LogP contribution in [0.2, 0.25) is 0 Å². The van der Waals surface area contributed by atoms with Crippen LogP contribution < -0.4 is 26.3 Å². The van der Waals surface area contributed by atoms with Gasteiger partial charge < -0.3 is 31.4 Å². The summed E-state index contributed by atoms with van der Waals surface area (Å²) in [5.41, 5.74) is 16.9. The van der Waals surface area contributed by atoms with E-state index in [0.717, 1.165) is 72.0 Å². The molecular weight excluding hydrogens is 1030 g/mol. The molecule has 2 aromatic heterocycles. The van der Waals surface area contributed by atoms with Gasteiger partial charge >= 0.3 is 0 Å². The van der Waals surface area contributed by atoms with Crippen molar-refractivity contribution in [3.8, 4) is 23.3 Å². The molecule has 0 aliphatic carbocycles. The maximum atomic E-state index is 12.4. The summed E-state index contributed by atoms with van der Waals surface area (Å²) < 4.78 is 14.2. The standard InChI is InChI=1S/C25H30N2O2.C18H14N2O2S.C9H7IN2S.2ClH/c1-17(2)22-14-20(15-23(18(3)4)24(22)28)13-21(16-26)25(29)27-12-8-11-19-9-6-5-7-10-19;19-18(20)17-9-13-12(2-1-3-16(13)23-17)6-4-11-5-7-14-15(8-11)22-10-21-14;10-6-2-1-3-7-5(6)4-8(13-7)9(11)12;;/h5-7,9-10,13-15,17-18,28H,8,11-12H2,1-4H3,(H,27,29);1-9H,10H2,(H3,19,20);1-4H,(H3,11,12);2*1H/b21-13+;6-4+;;;. The van der Waals surface area contributed by atoms with Crippen LogP contribution in [0.25, 0.3) is 38.4 Å². The van der Waals surface area contributed by atoms with Crippen LogP contribution in [0.3, 0.4) is 0 Å². The lowest BCUT2D eigenvalue weighted by Crippen LogP contribution is -2.25. The van der Waals surface area contributed by atoms with Crippen LogP contribution >= 0.6 is 70.1 Å². The van der Waals surface area contributed by atoms with Crippen molar-refractivity contribution in [1.82, 2.24) is 5.32 Å². The van der Waals surface area contributed by atoms with E-state index in [-0.39, 0.29) is 66.6 Å². The number of nitriles is 1. The van der Waals surface area contributed by atoms with Crippen LogP contribution in [0, 0.1) is 25.7 Å². The SMILES string of the molecule is CC(C)c1cc(/C=C(\C#N)C(=O)NCCCc2ccccc2)cc(C(C)C)c1O.Cl.Cl.N=C(N)c1cc2c(/C=C/c3ccc4c(c3)OCO4)cccc2s1.N=C(N)c1cc2c(I)cccc2s1. The molecule has 8 rings (SSSR count). The highest BCUT2D eigenvalue weighted by atomic mass is 127. The quantitative estimate of drug-likeness (QED) is 0.0133. The Morgan fingerprint density at radius 2 is 1.39 bits per heavy atom. The van der Waals surface area contributed by atoms with Gasteiger partial charge in [0.1, 0.15) is 29.1 Å². The van der Waals surface area contributed by atoms with Gasteiger partial charge in [-0.05, 0) is 141 Å². The summed E-state index contributed by atoms with van der Waals surface area (Å²) in [6.45, 7) is 8.84. The zero-order valence-electron chi connectivity index (χ0n) is 37.4. The Morgan fingerprint density at radius 3 is 1.99 bits per heavy atom. The van der Waals surface area contributed by atoms with E-state index in [1.165, 1.54) is 30.6 Å². The number of nitrogens with zero attached hydrogens (tertiary/aromatic N) is 1. The van der Waals surface area contributed by atoms with Gasteiger partial charge in [-0.1, -0.05) is 94.4 Å². The minimum atomic E-state index is -0.370. The fourth-order valence-electron chi connectivity index (χ4n) is 6.94. The summed E-state index contributed by atoms with van der Waals surface area (Å²) in [5, 5.41) is 40.1. The number of nitrogen functional groups attached to an aromatic ring is 2. The number of halogens is 3. The number of nitrogens with two attached hydrogens (primary N) is 2. The molecule has 0 atom stereocenters. The van der Waals surface area contributed by atoms with Crippen LogP contribution in [-0.4, -0.2) is 36.0 Å². The second-order valence-corrected chi connectivity index (χ2v) is 19.1. The number of phenolic OH excluding ortho intramolecular Hbond substituents is 1. The van der Waals surface area contributed by atoms with E-state index < -0.39 is 0 Å². The van der Waals surface area contributed by atoms with Crippen molar-refractivity contribution in [3.05, 3.63) is 161 Å². The number of benzene rings is 5. The van der Waals surface area contributed by atoms with Gasteiger partial charge in [0, 0.05) is 30.3 Å². The summed E-state index contributed by atoms with van der Waals surface area (Å²) in [5.74, 6) is 2.03. The largest absolute Gasteiger partial charge is 0.507 e. The molecule has 5 aromatic carbocycles. The molecule has 0 radical (unpaired) electrons. The lowest BCUT2D eigenvalue weighted by molar-refractivity contribution is -0.117. The predicted molar refractivity (Wildman–Crippen MR) is 292 cm³/mol. The van der Waals surface area contributed by atoms with E-state index in [1.807, 2.05) is 119 Å². The lowest BCUT2D eigenvalue weighted by atomic mass is 9.91. The topological polar surface area (TPSA) is 191 Å². The lowest BCUT2D eigenvalue weighted by Gasteiger charge is -2.16. The fraction of sp³-hybridized carbons (Fsp3) is 0.192. The van der Waals surface area contributed by atoms with Gasteiger partial charge in [-0.15, -0.1) is 47.5 Å². The molecule has 0 unspecified atom stereocenters. The Kier molecular flexibility index (Phi) is 20.3. The monoisotopic (exact) mass is 1090 g/mol. The van der Waals surface area contributed by atoms with E-state index in [1.54, 1.807) is 17.4 Å². The van der Waals surface area contributed by atoms with Crippen LogP contribution in [0.15, 0.2) is 115 Å². The Bertz CT molecular complexity index is 2930. The van der Waals surface area contributed by atoms with Gasteiger partial charge in [-0.2, -0.15) is 5.26 Å². The van der Waals surface area contributed by atoms with Gasteiger partial charge in [0.05, 0.1) is 9.75 Å². The van der Waals surface area contributed by atoms with Crippen LogP contribution in [0.4, 0.5) is 0 Å². The normalized spacial score (nSPS) is 11.5. The molecule has 1 aliphatic rings. The molecule has 8 N–H and O–H groups in total. The van der Waals surface area contributed by atoms with Gasteiger partial charge in [0.2, 0.25) is 6.79 Å². The second kappa shape index (κ2) is 25.3. The van der Waals surface area contributed by atoms with Crippen molar-refractivity contribution >= 4 is 126 Å². The molecule has 0 bridgehead atoms. The van der Waals surface area contributed by atoms with Crippen LogP contribution in [0.5, 0.6) is 17.2 Å². The van der Waals surface area contributed by atoms with Gasteiger partial charge in [0.15, 0.2) is 11.5 Å². The van der Waals surface area contributed by atoms with E-state index in [9.17, 15) is 15.2 Å². The number of amides is 1. The highest BCUT2D eigenvalue weighted by Crippen LogP contribution is 2.36. The maximum Gasteiger partial charge on any atom is 0.261 e. The number of phenols is 1. The van der Waals surface area contributed by atoms with E-state index in [4.69, 9.17) is 31.8 Å². The molecule has 7 aromatic rings. The van der Waals surface area contributed by atoms with Crippen molar-refractivity contribution in [2.24, 2.45) is 11.5 Å². The number of carbonyl (C=O) groups excluding carboxylic acids is 1. The molecule has 15 heteroatoms. The number of aryl methyl sites for hydroxylation is 1. The van der Waals surface area contributed by atoms with Crippen molar-refractivity contribution in [2.75, 3.05) is 13.3 Å². The third-order valence-corrected chi connectivity index (χ3v) is 13.6. The minimum Gasteiger partial charge on any atom is -0.507 e. The maximum absolute atomic E-state index is 12.4. The average molecular weight is 1090 g/mol. The first kappa shape index (κ1) is 53.7. The smallest absolute Gasteiger partial charge is 0.261 e. The molecule has 0 saturated heterocycles. The molecule has 0 spiro atoms. The molecule has 3 heterocycles. The molecule has 348 valence electrons. The Morgan fingerprint density at radius 1 is 0.791 bits per heavy atom. The summed E-state index contributed by atoms with van der Waals surface area (Å²) in [6.07, 6.45) is 7.39. The molecule has 1 aliphatic heterocycles. The number of hydrogen-bond donors (Lipinski definition) is 6. The Hall–Kier alpha value is -5.89. The molecule has 10 nitrogen and oxygen atoms in total. The van der Waals surface area contributed by atoms with Crippen LogP contribution in [0.1, 0.15) is 89.1 Å². The van der Waals surface area contributed by atoms with Crippen molar-refractivity contribution in [3.63, 3.8) is 0 Å². The number of hydrogen-bond acceptors (Lipinski definition) is 9. The Balaban J connectivity index is 0.000000230. The third-order valence-electron chi connectivity index (χ3n) is 10.4. The first-order valence-electron chi connectivity index (χ1n) is 21.0. The van der Waals surface area contributed by atoms with Crippen molar-refractivity contribution in [1.29, 1.82) is 16.1 Å². The number of rotatable bonds is 12. The first-order valence-corrected chi connectivity index (χ1v) is 23.7. The number of nitrogens with one attached hydrogen (secondary N) is 3. The zero-order chi connectivity index (χ0) is 46.6. The molecular formula is C52H53Cl2IN6O4S2. The molecule has 67 heavy (non-hydrogen) atoms. The van der Waals surface area contributed by atoms with Gasteiger partial charge in [-0.3, -0.25) is 15.6 Å². The summed E-state index contributed by atoms with van der Waals surface area (Å²) in [7, 11) is 0. The highest BCUT2D eigenvalue weighted by Gasteiger charge is 2.17. The van der Waals surface area contributed by atoms with E-state index in [2.05, 4.69) is 64.3 Å². The van der Waals surface area contributed by atoms with Gasteiger partial charge in [0.25, 0.3) is 5.91 Å². The number of aromatic hydroxyl groups is 1. The Labute approximate surface area is 425 Å². The third kappa shape index (κ3) is 14.3. The van der Waals surface area contributed by atoms with E-state index >= 15 is 0 Å². The van der Waals surface area contributed by atoms with Crippen molar-refractivity contribution in [2.45, 2.75) is 52.4 Å². The minimum absolute atomic E-state index is 0. The number of thiophene rings is 2. The summed E-state index contributed by atoms with van der Waals surface area (Å²) in [4.78, 5) is 14.1. The summed E-state index contributed by atoms with van der Waals surface area (Å²) >= 11 is 5.39. The van der Waals surface area contributed by atoms with E-state index in [0.29, 0.717) is 12.3 Å². The second-order valence-electron chi connectivity index (χ2n) is 15.8. The number of carbonyl (C=O) groups is 1. The first-order chi connectivity index (χ1) is 31.2. The number of amidine groups is 2. The zero-order valence-corrected chi connectivity index (χ0v) is 42.8. The van der Waals surface area contributed by atoms with Crippen molar-refractivity contribution < 1.29 is 19.4 Å². The van der Waals surface area contributed by atoms with Gasteiger partial charge in [-0.25, -0.2) is 0 Å². The number of ether oxygens (including phenoxy) is 2. The summed E-state index contributed by atoms with van der Waals surface area (Å²) in [6, 6.07) is 37.9. The molecule has 0 saturated carbocycles. The molecule has 1 amide bonds. The molecule has 0 fully saturated rings. The highest BCUT2D eigenvalue weighted by molar-refractivity contribution is 14.1. The van der Waals surface area contributed by atoms with Crippen LogP contribution in [-0.2, 0) is 11.2 Å². The average Bonchev–Trinajstić information content (AvgIpc) is 4.07. The number of fused-ring (bicyclic) bond motifs is 3. The predicted octanol–water partition coefficient (Wildman–Crippen LogP) is 13.0. The fourth-order valence-corrected chi connectivity index (χ4v) is 9.68.